The smallest absolute Gasteiger partial charge is 0.234 e. The molecule has 6 nitrogen and oxygen atoms in total. The number of carbonyl (C=O) groups is 2. The van der Waals surface area contributed by atoms with E-state index >= 15 is 0 Å². The molecule has 0 radical (unpaired) electrons. The lowest BCUT2D eigenvalue weighted by Gasteiger charge is -2.40. The van der Waals surface area contributed by atoms with Gasteiger partial charge in [-0.3, -0.25) is 14.5 Å². The average Bonchev–Trinajstić information content (AvgIpc) is 2.69. The van der Waals surface area contributed by atoms with Crippen LogP contribution < -0.4 is 11.1 Å². The lowest BCUT2D eigenvalue weighted by molar-refractivity contribution is -0.144. The maximum atomic E-state index is 12.8. The van der Waals surface area contributed by atoms with Crippen molar-refractivity contribution >= 4 is 11.8 Å². The van der Waals surface area contributed by atoms with Gasteiger partial charge < -0.3 is 16.0 Å². The van der Waals surface area contributed by atoms with Crippen LogP contribution in [0.2, 0.25) is 0 Å². The lowest BCUT2D eigenvalue weighted by Crippen LogP contribution is -2.55. The van der Waals surface area contributed by atoms with E-state index in [1.807, 2.05) is 49.1 Å². The maximum absolute atomic E-state index is 12.8. The molecule has 0 aliphatic carbocycles. The van der Waals surface area contributed by atoms with Crippen molar-refractivity contribution in [1.29, 1.82) is 0 Å². The van der Waals surface area contributed by atoms with Gasteiger partial charge in [-0.15, -0.1) is 0 Å². The van der Waals surface area contributed by atoms with Crippen LogP contribution in [-0.4, -0.2) is 60.9 Å². The molecule has 2 amide bonds. The highest BCUT2D eigenvalue weighted by molar-refractivity contribution is 5.83. The van der Waals surface area contributed by atoms with Crippen LogP contribution in [0.5, 0.6) is 0 Å². The molecule has 0 atom stereocenters. The minimum Gasteiger partial charge on any atom is -0.351 e. The minimum atomic E-state index is -0.435. The fraction of sp³-hybridized carbons (Fsp3) is 0.600. The minimum absolute atomic E-state index is 0.0204. The first kappa shape index (κ1) is 20.4. The molecular weight excluding hydrogens is 328 g/mol. The molecule has 144 valence electrons. The molecule has 1 heterocycles. The number of nitrogens with zero attached hydrogens (tertiary/aromatic N) is 2. The standard InChI is InChI=1S/C20H32N4O2/c1-3-20(4-2,16-21)19(26)24-12-10-23(11-13-24)15-18(25)22-14-17-8-6-5-7-9-17/h5-9H,3-4,10-16,21H2,1-2H3,(H,22,25). The first-order valence-electron chi connectivity index (χ1n) is 9.57. The van der Waals surface area contributed by atoms with Crippen LogP contribution in [0, 0.1) is 5.41 Å². The molecule has 0 saturated carbocycles. The highest BCUT2D eigenvalue weighted by Crippen LogP contribution is 2.28. The summed E-state index contributed by atoms with van der Waals surface area (Å²) >= 11 is 0. The highest BCUT2D eigenvalue weighted by Gasteiger charge is 2.37. The van der Waals surface area contributed by atoms with Crippen LogP contribution in [0.15, 0.2) is 30.3 Å². The molecule has 0 bridgehead atoms. The van der Waals surface area contributed by atoms with Crippen LogP contribution in [0.3, 0.4) is 0 Å². The van der Waals surface area contributed by atoms with Gasteiger partial charge in [-0.25, -0.2) is 0 Å². The molecule has 1 saturated heterocycles. The van der Waals surface area contributed by atoms with E-state index in [1.54, 1.807) is 0 Å². The summed E-state index contributed by atoms with van der Waals surface area (Å²) in [7, 11) is 0. The molecule has 26 heavy (non-hydrogen) atoms. The molecule has 1 aromatic carbocycles. The predicted octanol–water partition coefficient (Wildman–Crippen LogP) is 1.21. The SMILES string of the molecule is CCC(CC)(CN)C(=O)N1CCN(CC(=O)NCc2ccccc2)CC1. The summed E-state index contributed by atoms with van der Waals surface area (Å²) < 4.78 is 0. The van der Waals surface area contributed by atoms with Crippen molar-refractivity contribution in [3.05, 3.63) is 35.9 Å². The topological polar surface area (TPSA) is 78.7 Å². The Balaban J connectivity index is 1.77. The molecule has 0 aromatic heterocycles. The zero-order chi connectivity index (χ0) is 19.0. The van der Waals surface area contributed by atoms with E-state index in [9.17, 15) is 9.59 Å². The van der Waals surface area contributed by atoms with Gasteiger partial charge >= 0.3 is 0 Å². The van der Waals surface area contributed by atoms with Gasteiger partial charge in [0.2, 0.25) is 11.8 Å². The van der Waals surface area contributed by atoms with E-state index in [-0.39, 0.29) is 11.8 Å². The van der Waals surface area contributed by atoms with Crippen molar-refractivity contribution in [2.24, 2.45) is 11.1 Å². The van der Waals surface area contributed by atoms with Gasteiger partial charge in [-0.2, -0.15) is 0 Å². The molecular formula is C20H32N4O2. The van der Waals surface area contributed by atoms with Gasteiger partial charge in [0.25, 0.3) is 0 Å². The van der Waals surface area contributed by atoms with E-state index in [4.69, 9.17) is 5.73 Å². The number of piperazine rings is 1. The van der Waals surface area contributed by atoms with Gasteiger partial charge in [-0.05, 0) is 18.4 Å². The van der Waals surface area contributed by atoms with Gasteiger partial charge in [0.1, 0.15) is 0 Å². The number of amides is 2. The summed E-state index contributed by atoms with van der Waals surface area (Å²) in [5.41, 5.74) is 6.56. The van der Waals surface area contributed by atoms with Crippen molar-refractivity contribution in [3.63, 3.8) is 0 Å². The fourth-order valence-electron chi connectivity index (χ4n) is 3.43. The summed E-state index contributed by atoms with van der Waals surface area (Å²) in [5, 5.41) is 2.95. The van der Waals surface area contributed by atoms with Crippen LogP contribution in [0.25, 0.3) is 0 Å². The van der Waals surface area contributed by atoms with Crippen LogP contribution in [-0.2, 0) is 16.1 Å². The maximum Gasteiger partial charge on any atom is 0.234 e. The van der Waals surface area contributed by atoms with Crippen LogP contribution >= 0.6 is 0 Å². The largest absolute Gasteiger partial charge is 0.351 e. The second kappa shape index (κ2) is 9.69. The lowest BCUT2D eigenvalue weighted by atomic mass is 9.81. The summed E-state index contributed by atoms with van der Waals surface area (Å²) in [6.45, 7) is 8.13. The average molecular weight is 361 g/mol. The third kappa shape index (κ3) is 5.05. The Morgan fingerprint density at radius 1 is 1.08 bits per heavy atom. The van der Waals surface area contributed by atoms with Gasteiger partial charge in [0.15, 0.2) is 0 Å². The molecule has 3 N–H and O–H groups in total. The Hall–Kier alpha value is -1.92. The fourth-order valence-corrected chi connectivity index (χ4v) is 3.43. The van der Waals surface area contributed by atoms with E-state index in [2.05, 4.69) is 10.2 Å². The number of rotatable bonds is 8. The molecule has 2 rings (SSSR count). The molecule has 0 unspecified atom stereocenters. The Kier molecular flexibility index (Phi) is 7.60. The highest BCUT2D eigenvalue weighted by atomic mass is 16.2. The van der Waals surface area contributed by atoms with Gasteiger partial charge in [-0.1, -0.05) is 44.2 Å². The quantitative estimate of drug-likeness (QED) is 0.730. The number of nitrogens with one attached hydrogen (secondary N) is 1. The number of nitrogens with two attached hydrogens (primary N) is 1. The summed E-state index contributed by atoms with van der Waals surface area (Å²) in [5.74, 6) is 0.185. The second-order valence-corrected chi connectivity index (χ2v) is 7.02. The van der Waals surface area contributed by atoms with Crippen molar-refractivity contribution in [2.75, 3.05) is 39.3 Å². The van der Waals surface area contributed by atoms with Crippen LogP contribution in [0.4, 0.5) is 0 Å². The third-order valence-corrected chi connectivity index (χ3v) is 5.56. The van der Waals surface area contributed by atoms with E-state index in [1.165, 1.54) is 0 Å². The summed E-state index contributed by atoms with van der Waals surface area (Å²) in [6.07, 6.45) is 1.53. The zero-order valence-corrected chi connectivity index (χ0v) is 16.0. The molecule has 6 heteroatoms. The molecule has 1 fully saturated rings. The molecule has 1 aromatic rings. The summed E-state index contributed by atoms with van der Waals surface area (Å²) in [4.78, 5) is 29.0. The molecule has 1 aliphatic heterocycles. The predicted molar refractivity (Wildman–Crippen MR) is 103 cm³/mol. The summed E-state index contributed by atoms with van der Waals surface area (Å²) in [6, 6.07) is 9.88. The van der Waals surface area contributed by atoms with E-state index < -0.39 is 5.41 Å². The van der Waals surface area contributed by atoms with Crippen molar-refractivity contribution < 1.29 is 9.59 Å². The van der Waals surface area contributed by atoms with Gasteiger partial charge in [0, 0.05) is 39.3 Å². The normalized spacial score (nSPS) is 15.7. The monoisotopic (exact) mass is 360 g/mol. The Morgan fingerprint density at radius 3 is 2.23 bits per heavy atom. The number of carbonyl (C=O) groups excluding carboxylic acids is 2. The number of benzene rings is 1. The van der Waals surface area contributed by atoms with Crippen LogP contribution in [0.1, 0.15) is 32.3 Å². The Labute approximate surface area is 156 Å². The molecule has 1 aliphatic rings. The van der Waals surface area contributed by atoms with Gasteiger partial charge in [0.05, 0.1) is 12.0 Å². The third-order valence-electron chi connectivity index (χ3n) is 5.56. The van der Waals surface area contributed by atoms with Crippen molar-refractivity contribution in [3.8, 4) is 0 Å². The first-order valence-corrected chi connectivity index (χ1v) is 9.57. The van der Waals surface area contributed by atoms with E-state index in [0.717, 1.165) is 31.5 Å². The van der Waals surface area contributed by atoms with Crippen molar-refractivity contribution in [1.82, 2.24) is 15.1 Å². The second-order valence-electron chi connectivity index (χ2n) is 7.02. The molecule has 0 spiro atoms. The zero-order valence-electron chi connectivity index (χ0n) is 16.0. The first-order chi connectivity index (χ1) is 12.5. The van der Waals surface area contributed by atoms with Crippen molar-refractivity contribution in [2.45, 2.75) is 33.2 Å². The Bertz CT molecular complexity index is 570. The Morgan fingerprint density at radius 2 is 1.69 bits per heavy atom. The number of hydrogen-bond donors (Lipinski definition) is 2. The van der Waals surface area contributed by atoms with E-state index in [0.29, 0.717) is 32.7 Å². The number of hydrogen-bond acceptors (Lipinski definition) is 4.